The fourth-order valence-corrected chi connectivity index (χ4v) is 9.65. The first kappa shape index (κ1) is 17.9. The van der Waals surface area contributed by atoms with E-state index < -0.39 is 0 Å². The van der Waals surface area contributed by atoms with Gasteiger partial charge in [-0.1, -0.05) is 0 Å². The number of methoxy groups -OCH3 is 1. The summed E-state index contributed by atoms with van der Waals surface area (Å²) in [6, 6.07) is 5.51. The van der Waals surface area contributed by atoms with E-state index in [1.165, 1.54) is 34.8 Å². The van der Waals surface area contributed by atoms with E-state index in [1.54, 1.807) is 5.56 Å². The Hall–Kier alpha value is 0.110. The number of fused-ring (bicyclic) bond motifs is 2. The van der Waals surface area contributed by atoms with Gasteiger partial charge >= 0.3 is 187 Å². The third kappa shape index (κ3) is 2.36. The van der Waals surface area contributed by atoms with Gasteiger partial charge in [0.1, 0.15) is 0 Å². The molecule has 5 atom stereocenters. The summed E-state index contributed by atoms with van der Waals surface area (Å²) in [6.45, 7) is 1.11. The number of nitrogens with zero attached hydrogens (tertiary/aromatic N) is 1. The van der Waals surface area contributed by atoms with Gasteiger partial charge in [0.2, 0.25) is 0 Å². The van der Waals surface area contributed by atoms with Crippen LogP contribution in [0.1, 0.15) is 48.8 Å². The molecule has 0 radical (unpaired) electrons. The quantitative estimate of drug-likeness (QED) is 0.295. The van der Waals surface area contributed by atoms with Crippen LogP contribution in [0, 0.1) is 11.3 Å². The summed E-state index contributed by atoms with van der Waals surface area (Å²) in [4.78, 5) is 13.1. The van der Waals surface area contributed by atoms with E-state index in [9.17, 15) is 4.79 Å². The van der Waals surface area contributed by atoms with Gasteiger partial charge in [-0.3, -0.25) is 0 Å². The van der Waals surface area contributed by atoms with Crippen molar-refractivity contribution in [3.8, 4) is 5.75 Å². The SMILES string of the molecule is COc1cc2c(cc1C[C@@H]1C[I-]1)CC13CC4CCC1N(I)CCC23CC4=O. The predicted molar refractivity (Wildman–Crippen MR) is 109 cm³/mol. The number of carbonyl (C=O) groups excluding carboxylic acids is 1. The Balaban J connectivity index is 1.53. The zero-order chi connectivity index (χ0) is 18.4. The van der Waals surface area contributed by atoms with Crippen molar-refractivity contribution >= 4 is 28.6 Å². The van der Waals surface area contributed by atoms with Gasteiger partial charge in [-0.15, -0.1) is 0 Å². The van der Waals surface area contributed by atoms with Crippen molar-refractivity contribution < 1.29 is 30.7 Å². The Kier molecular flexibility index (Phi) is 4.02. The molecule has 2 heterocycles. The third-order valence-corrected chi connectivity index (χ3v) is 12.1. The number of ether oxygens (including phenoxy) is 1. The molecule has 2 aliphatic heterocycles. The van der Waals surface area contributed by atoms with Crippen molar-refractivity contribution in [1.29, 1.82) is 0 Å². The van der Waals surface area contributed by atoms with Crippen LogP contribution < -0.4 is 25.9 Å². The number of Topliss-reactive ketones (excluding diaryl/α,β-unsaturated/α-hetero) is 1. The Morgan fingerprint density at radius 1 is 1.33 bits per heavy atom. The molecule has 1 aromatic carbocycles. The van der Waals surface area contributed by atoms with E-state index in [0.29, 0.717) is 38.9 Å². The molecular formula is C22H26I2NO2-. The molecule has 1 spiro atoms. The zero-order valence-electron chi connectivity index (χ0n) is 15.8. The molecule has 2 saturated carbocycles. The minimum atomic E-state index is 0.0704. The molecular weight excluding hydrogens is 564 g/mol. The number of hydrogen-bond donors (Lipinski definition) is 0. The minimum absolute atomic E-state index is 0.0704. The molecule has 5 aliphatic rings. The fourth-order valence-electron chi connectivity index (χ4n) is 7.14. The maximum absolute atomic E-state index is 13.1. The van der Waals surface area contributed by atoms with Gasteiger partial charge in [0.25, 0.3) is 0 Å². The van der Waals surface area contributed by atoms with Crippen molar-refractivity contribution in [2.45, 2.75) is 60.3 Å². The van der Waals surface area contributed by atoms with Crippen molar-refractivity contribution in [3.05, 3.63) is 28.8 Å². The molecule has 4 fully saturated rings. The molecule has 2 bridgehead atoms. The predicted octanol–water partition coefficient (Wildman–Crippen LogP) is 0.686. The Bertz CT molecular complexity index is 838. The molecule has 6 rings (SSSR count). The number of carbonyl (C=O) groups is 1. The molecule has 0 amide bonds. The first-order valence-electron chi connectivity index (χ1n) is 10.3. The summed E-state index contributed by atoms with van der Waals surface area (Å²) in [6.07, 6.45) is 7.75. The van der Waals surface area contributed by atoms with Gasteiger partial charge in [0.05, 0.1) is 0 Å². The van der Waals surface area contributed by atoms with Gasteiger partial charge in [-0.25, -0.2) is 0 Å². The summed E-state index contributed by atoms with van der Waals surface area (Å²) in [7, 11) is 1.83. The Morgan fingerprint density at radius 3 is 2.96 bits per heavy atom. The van der Waals surface area contributed by atoms with Gasteiger partial charge in [0.15, 0.2) is 0 Å². The van der Waals surface area contributed by atoms with E-state index in [1.807, 2.05) is 7.11 Å². The van der Waals surface area contributed by atoms with Crippen LogP contribution in [-0.2, 0) is 23.1 Å². The number of piperidine rings is 1. The first-order chi connectivity index (χ1) is 13.1. The van der Waals surface area contributed by atoms with E-state index in [2.05, 4.69) is 38.1 Å². The standard InChI is InChI=1S/C22H26I2NO2/c1-27-19-8-17-15(6-14(19)7-16-12-24-16)10-22-9-13-2-3-20(22)25(23)5-4-21(17,22)11-18(13)26/h6,8,13,16,20H,2-5,7,9-12H2,1H3/q-1/t13?,16-,20?,21?,22?/m1/s1. The van der Waals surface area contributed by atoms with Crippen LogP contribution in [-0.4, -0.2) is 36.9 Å². The molecule has 4 unspecified atom stereocenters. The number of hydrogen-bond acceptors (Lipinski definition) is 3. The van der Waals surface area contributed by atoms with Crippen LogP contribution in [0.2, 0.25) is 0 Å². The molecule has 3 nitrogen and oxygen atoms in total. The molecule has 2 saturated heterocycles. The second-order valence-corrected chi connectivity index (χ2v) is 14.1. The van der Waals surface area contributed by atoms with E-state index >= 15 is 0 Å². The number of rotatable bonds is 3. The van der Waals surface area contributed by atoms with Gasteiger partial charge in [-0.2, -0.15) is 0 Å². The Morgan fingerprint density at radius 2 is 2.19 bits per heavy atom. The number of ketones is 1. The van der Waals surface area contributed by atoms with Crippen LogP contribution in [0.25, 0.3) is 0 Å². The van der Waals surface area contributed by atoms with E-state index in [-0.39, 0.29) is 10.8 Å². The third-order valence-electron chi connectivity index (χ3n) is 8.35. The average Bonchev–Trinajstić information content (AvgIpc) is 3.43. The van der Waals surface area contributed by atoms with E-state index in [4.69, 9.17) is 4.74 Å². The maximum atomic E-state index is 13.1. The van der Waals surface area contributed by atoms with Gasteiger partial charge in [-0.05, 0) is 0 Å². The summed E-state index contributed by atoms with van der Waals surface area (Å²) < 4.78 is 10.9. The van der Waals surface area contributed by atoms with Crippen LogP contribution in [0.3, 0.4) is 0 Å². The number of benzene rings is 1. The topological polar surface area (TPSA) is 29.5 Å². The second-order valence-electron chi connectivity index (χ2n) is 9.36. The van der Waals surface area contributed by atoms with Crippen molar-refractivity contribution in [2.24, 2.45) is 11.3 Å². The summed E-state index contributed by atoms with van der Waals surface area (Å²) in [5.74, 6) is 1.96. The number of halogens is 2. The molecule has 0 N–H and O–H groups in total. The Labute approximate surface area is 185 Å². The van der Waals surface area contributed by atoms with Gasteiger partial charge in [0, 0.05) is 0 Å². The molecule has 1 aromatic rings. The summed E-state index contributed by atoms with van der Waals surface area (Å²) >= 11 is 3.04. The normalized spacial score (nSPS) is 42.1. The van der Waals surface area contributed by atoms with Crippen LogP contribution in [0.15, 0.2) is 12.1 Å². The van der Waals surface area contributed by atoms with Crippen LogP contribution in [0.4, 0.5) is 0 Å². The molecule has 146 valence electrons. The molecule has 3 aliphatic carbocycles. The zero-order valence-corrected chi connectivity index (χ0v) is 20.1. The summed E-state index contributed by atoms with van der Waals surface area (Å²) in [5, 5.41) is 0. The fraction of sp³-hybridized carbons (Fsp3) is 0.682. The molecule has 0 aromatic heterocycles. The van der Waals surface area contributed by atoms with Gasteiger partial charge < -0.3 is 0 Å². The van der Waals surface area contributed by atoms with Crippen LogP contribution >= 0.6 is 22.9 Å². The first-order valence-corrected chi connectivity index (χ1v) is 14.0. The average molecular weight is 590 g/mol. The monoisotopic (exact) mass is 590 g/mol. The van der Waals surface area contributed by atoms with Crippen molar-refractivity contribution in [3.63, 3.8) is 0 Å². The number of alkyl halides is 2. The molecule has 27 heavy (non-hydrogen) atoms. The van der Waals surface area contributed by atoms with Crippen LogP contribution in [0.5, 0.6) is 5.75 Å². The van der Waals surface area contributed by atoms with E-state index in [0.717, 1.165) is 41.9 Å². The van der Waals surface area contributed by atoms with Crippen molar-refractivity contribution in [2.75, 3.05) is 18.1 Å². The molecule has 5 heteroatoms. The van der Waals surface area contributed by atoms with Crippen molar-refractivity contribution in [1.82, 2.24) is 3.11 Å². The second kappa shape index (κ2) is 6.06. The summed E-state index contributed by atoms with van der Waals surface area (Å²) in [5.41, 5.74) is 4.82.